The van der Waals surface area contributed by atoms with Crippen LogP contribution in [-0.2, 0) is 6.54 Å². The van der Waals surface area contributed by atoms with Crippen molar-refractivity contribution in [1.82, 2.24) is 14.8 Å². The van der Waals surface area contributed by atoms with E-state index in [1.54, 1.807) is 0 Å². The first-order chi connectivity index (χ1) is 11.3. The third kappa shape index (κ3) is 2.81. The van der Waals surface area contributed by atoms with E-state index >= 15 is 0 Å². The molecule has 2 heterocycles. The Morgan fingerprint density at radius 3 is 2.91 bits per heavy atom. The largest absolute Gasteiger partial charge is 0.379 e. The molecule has 1 aromatic carbocycles. The summed E-state index contributed by atoms with van der Waals surface area (Å²) in [6.07, 6.45) is 9.20. The Kier molecular flexibility index (Phi) is 3.74. The highest BCUT2D eigenvalue weighted by molar-refractivity contribution is 5.92. The number of rotatable bonds is 4. The lowest BCUT2D eigenvalue weighted by Crippen LogP contribution is -2.07. The maximum atomic E-state index is 4.74. The Bertz CT molecular complexity index is 815. The van der Waals surface area contributed by atoms with Crippen LogP contribution in [0.3, 0.4) is 0 Å². The second-order valence-electron chi connectivity index (χ2n) is 6.41. The number of aryl methyl sites for hydroxylation is 1. The van der Waals surface area contributed by atoms with Crippen LogP contribution in [0.1, 0.15) is 43.0 Å². The third-order valence-electron chi connectivity index (χ3n) is 4.80. The summed E-state index contributed by atoms with van der Waals surface area (Å²) in [5, 5.41) is 9.43. The Labute approximate surface area is 136 Å². The number of nitrogens with zero attached hydrogens (tertiary/aromatic N) is 3. The summed E-state index contributed by atoms with van der Waals surface area (Å²) in [5.41, 5.74) is 4.48. The second kappa shape index (κ2) is 6.03. The Balaban J connectivity index is 1.52. The minimum absolute atomic E-state index is 0.605. The van der Waals surface area contributed by atoms with E-state index in [9.17, 15) is 0 Å². The molecule has 4 rings (SSSR count). The van der Waals surface area contributed by atoms with Gasteiger partial charge in [-0.05, 0) is 37.5 Å². The molecule has 0 aliphatic heterocycles. The molecule has 0 saturated heterocycles. The van der Waals surface area contributed by atoms with Crippen LogP contribution in [0, 0.1) is 6.92 Å². The van der Waals surface area contributed by atoms with Crippen molar-refractivity contribution < 1.29 is 0 Å². The van der Waals surface area contributed by atoms with Crippen molar-refractivity contribution in [3.8, 4) is 0 Å². The zero-order valence-electron chi connectivity index (χ0n) is 13.5. The first kappa shape index (κ1) is 14.2. The molecule has 0 bridgehead atoms. The quantitative estimate of drug-likeness (QED) is 0.773. The molecule has 4 nitrogen and oxygen atoms in total. The van der Waals surface area contributed by atoms with Gasteiger partial charge in [0.15, 0.2) is 0 Å². The van der Waals surface area contributed by atoms with Gasteiger partial charge in [0.05, 0.1) is 23.8 Å². The molecule has 0 radical (unpaired) electrons. The maximum absolute atomic E-state index is 4.74. The summed E-state index contributed by atoms with van der Waals surface area (Å²) in [6.45, 7) is 2.84. The molecule has 4 heteroatoms. The second-order valence-corrected chi connectivity index (χ2v) is 6.41. The molecule has 1 fully saturated rings. The maximum Gasteiger partial charge on any atom is 0.0815 e. The summed E-state index contributed by atoms with van der Waals surface area (Å²) >= 11 is 0. The Hall–Kier alpha value is -2.36. The molecular weight excluding hydrogens is 284 g/mol. The van der Waals surface area contributed by atoms with Gasteiger partial charge in [-0.2, -0.15) is 5.10 Å². The van der Waals surface area contributed by atoms with Crippen molar-refractivity contribution in [2.45, 2.75) is 45.2 Å². The highest BCUT2D eigenvalue weighted by Crippen LogP contribution is 2.29. The van der Waals surface area contributed by atoms with Crippen LogP contribution in [0.5, 0.6) is 0 Å². The van der Waals surface area contributed by atoms with Crippen LogP contribution in [0.25, 0.3) is 10.9 Å². The number of pyridine rings is 1. The van der Waals surface area contributed by atoms with Crippen molar-refractivity contribution in [1.29, 1.82) is 0 Å². The zero-order valence-corrected chi connectivity index (χ0v) is 13.5. The standard InChI is InChI=1S/C19H22N4/c1-14-5-4-8-17-18(9-11-20-19(14)17)21-13-15-10-12-23(22-15)16-6-2-3-7-16/h4-5,8-12,16H,2-3,6-7,13H2,1H3,(H,20,21). The third-order valence-corrected chi connectivity index (χ3v) is 4.80. The van der Waals surface area contributed by atoms with Crippen molar-refractivity contribution >= 4 is 16.6 Å². The molecule has 2 aromatic heterocycles. The molecule has 0 atom stereocenters. The number of fused-ring (bicyclic) bond motifs is 1. The van der Waals surface area contributed by atoms with E-state index in [1.807, 2.05) is 12.3 Å². The van der Waals surface area contributed by atoms with Crippen molar-refractivity contribution in [2.75, 3.05) is 5.32 Å². The van der Waals surface area contributed by atoms with Crippen LogP contribution in [-0.4, -0.2) is 14.8 Å². The van der Waals surface area contributed by atoms with E-state index < -0.39 is 0 Å². The van der Waals surface area contributed by atoms with E-state index in [-0.39, 0.29) is 0 Å². The van der Waals surface area contributed by atoms with E-state index in [4.69, 9.17) is 5.10 Å². The van der Waals surface area contributed by atoms with Gasteiger partial charge in [0.2, 0.25) is 0 Å². The fraction of sp³-hybridized carbons (Fsp3) is 0.368. The van der Waals surface area contributed by atoms with Crippen molar-refractivity contribution in [3.63, 3.8) is 0 Å². The predicted octanol–water partition coefficient (Wildman–Crippen LogP) is 4.47. The lowest BCUT2D eigenvalue weighted by Gasteiger charge is -2.10. The van der Waals surface area contributed by atoms with Crippen LogP contribution >= 0.6 is 0 Å². The topological polar surface area (TPSA) is 42.7 Å². The molecule has 1 saturated carbocycles. The smallest absolute Gasteiger partial charge is 0.0815 e. The van der Waals surface area contributed by atoms with Gasteiger partial charge in [0.1, 0.15) is 0 Å². The normalized spacial score (nSPS) is 15.3. The van der Waals surface area contributed by atoms with Gasteiger partial charge in [-0.1, -0.05) is 31.0 Å². The average Bonchev–Trinajstić information content (AvgIpc) is 3.25. The molecular formula is C19H22N4. The Morgan fingerprint density at radius 1 is 1.17 bits per heavy atom. The number of para-hydroxylation sites is 1. The first-order valence-corrected chi connectivity index (χ1v) is 8.43. The summed E-state index contributed by atoms with van der Waals surface area (Å²) in [5.74, 6) is 0. The number of hydrogen-bond donors (Lipinski definition) is 1. The summed E-state index contributed by atoms with van der Waals surface area (Å²) in [4.78, 5) is 4.49. The minimum atomic E-state index is 0.605. The highest BCUT2D eigenvalue weighted by Gasteiger charge is 2.17. The van der Waals surface area contributed by atoms with Gasteiger partial charge >= 0.3 is 0 Å². The van der Waals surface area contributed by atoms with Gasteiger partial charge in [-0.25, -0.2) is 0 Å². The predicted molar refractivity (Wildman–Crippen MR) is 93.5 cm³/mol. The van der Waals surface area contributed by atoms with Crippen LogP contribution in [0.4, 0.5) is 5.69 Å². The summed E-state index contributed by atoms with van der Waals surface area (Å²) in [7, 11) is 0. The molecule has 0 unspecified atom stereocenters. The number of hydrogen-bond acceptors (Lipinski definition) is 3. The molecule has 118 valence electrons. The van der Waals surface area contributed by atoms with Crippen LogP contribution in [0.15, 0.2) is 42.7 Å². The van der Waals surface area contributed by atoms with Gasteiger partial charge in [0.25, 0.3) is 0 Å². The van der Waals surface area contributed by atoms with Crippen molar-refractivity contribution in [3.05, 3.63) is 54.0 Å². The highest BCUT2D eigenvalue weighted by atomic mass is 15.3. The van der Waals surface area contributed by atoms with Crippen LogP contribution in [0.2, 0.25) is 0 Å². The average molecular weight is 306 g/mol. The first-order valence-electron chi connectivity index (χ1n) is 8.43. The number of aromatic nitrogens is 3. The van der Waals surface area contributed by atoms with E-state index in [2.05, 4.69) is 52.4 Å². The Morgan fingerprint density at radius 2 is 2.04 bits per heavy atom. The van der Waals surface area contributed by atoms with Gasteiger partial charge in [-0.3, -0.25) is 9.67 Å². The van der Waals surface area contributed by atoms with Gasteiger partial charge in [-0.15, -0.1) is 0 Å². The molecule has 23 heavy (non-hydrogen) atoms. The SMILES string of the molecule is Cc1cccc2c(NCc3ccn(C4CCCC4)n3)ccnc12. The van der Waals surface area contributed by atoms with Gasteiger partial charge < -0.3 is 5.32 Å². The molecule has 0 spiro atoms. The van der Waals surface area contributed by atoms with E-state index in [1.165, 1.54) is 36.6 Å². The minimum Gasteiger partial charge on any atom is -0.379 e. The molecule has 1 aliphatic rings. The lowest BCUT2D eigenvalue weighted by atomic mass is 10.1. The fourth-order valence-electron chi connectivity index (χ4n) is 3.51. The summed E-state index contributed by atoms with van der Waals surface area (Å²) < 4.78 is 2.15. The van der Waals surface area contributed by atoms with E-state index in [0.717, 1.165) is 23.4 Å². The number of nitrogens with one attached hydrogen (secondary N) is 1. The van der Waals surface area contributed by atoms with E-state index in [0.29, 0.717) is 6.04 Å². The van der Waals surface area contributed by atoms with Crippen LogP contribution < -0.4 is 5.32 Å². The molecule has 1 aliphatic carbocycles. The molecule has 1 N–H and O–H groups in total. The fourth-order valence-corrected chi connectivity index (χ4v) is 3.51. The number of benzene rings is 1. The molecule has 0 amide bonds. The lowest BCUT2D eigenvalue weighted by molar-refractivity contribution is 0.463. The zero-order chi connectivity index (χ0) is 15.6. The molecule has 3 aromatic rings. The number of anilines is 1. The summed E-state index contributed by atoms with van der Waals surface area (Å²) in [6, 6.07) is 11.1. The monoisotopic (exact) mass is 306 g/mol. The van der Waals surface area contributed by atoms with Gasteiger partial charge in [0, 0.05) is 23.5 Å². The van der Waals surface area contributed by atoms with Crippen molar-refractivity contribution in [2.24, 2.45) is 0 Å².